The van der Waals surface area contributed by atoms with Crippen LogP contribution in [0.1, 0.15) is 21.8 Å². The number of hydrogen-bond donors (Lipinski definition) is 2. The molecule has 9 heteroatoms. The predicted octanol–water partition coefficient (Wildman–Crippen LogP) is 0.0716. The highest BCUT2D eigenvalue weighted by Crippen LogP contribution is 2.13. The van der Waals surface area contributed by atoms with Crippen molar-refractivity contribution in [2.75, 3.05) is 26.8 Å². The van der Waals surface area contributed by atoms with Gasteiger partial charge >= 0.3 is 0 Å². The number of carbonyl (C=O) groups is 1. The number of rotatable bonds is 7. The summed E-state index contributed by atoms with van der Waals surface area (Å²) in [6.45, 7) is 2.91. The number of methoxy groups -OCH3 is 1. The Bertz CT molecular complexity index is 448. The summed E-state index contributed by atoms with van der Waals surface area (Å²) in [6, 6.07) is 0. The Morgan fingerprint density at radius 2 is 2.32 bits per heavy atom. The van der Waals surface area contributed by atoms with Crippen LogP contribution in [0.4, 0.5) is 0 Å². The molecule has 0 atom stereocenters. The molecule has 19 heavy (non-hydrogen) atoms. The predicted molar refractivity (Wildman–Crippen MR) is 70.5 cm³/mol. The highest BCUT2D eigenvalue weighted by Gasteiger charge is 2.20. The SMILES string of the molecule is COCCN(CCC(N)=NO)C(=O)c1snnc1C. The van der Waals surface area contributed by atoms with Crippen LogP contribution in [0.3, 0.4) is 0 Å². The van der Waals surface area contributed by atoms with E-state index in [1.54, 1.807) is 18.9 Å². The van der Waals surface area contributed by atoms with E-state index < -0.39 is 0 Å². The maximum atomic E-state index is 12.3. The van der Waals surface area contributed by atoms with E-state index in [9.17, 15) is 4.79 Å². The second-order valence-electron chi connectivity index (χ2n) is 3.81. The van der Waals surface area contributed by atoms with E-state index in [0.717, 1.165) is 11.5 Å². The molecule has 0 spiro atoms. The average molecular weight is 287 g/mol. The first-order valence-electron chi connectivity index (χ1n) is 5.63. The Kier molecular flexibility index (Phi) is 6.16. The number of nitrogens with two attached hydrogens (primary N) is 1. The number of amidine groups is 1. The third kappa shape index (κ3) is 4.45. The highest BCUT2D eigenvalue weighted by atomic mass is 32.1. The maximum absolute atomic E-state index is 12.3. The highest BCUT2D eigenvalue weighted by molar-refractivity contribution is 7.07. The number of aryl methyl sites for hydroxylation is 1. The average Bonchev–Trinajstić information content (AvgIpc) is 2.84. The van der Waals surface area contributed by atoms with Gasteiger partial charge in [-0.3, -0.25) is 4.79 Å². The van der Waals surface area contributed by atoms with Crippen LogP contribution in [-0.2, 0) is 4.74 Å². The Balaban J connectivity index is 2.73. The van der Waals surface area contributed by atoms with Crippen LogP contribution in [0, 0.1) is 6.92 Å². The molecule has 1 aromatic heterocycles. The molecule has 1 heterocycles. The Hall–Kier alpha value is -1.74. The number of amides is 1. The summed E-state index contributed by atoms with van der Waals surface area (Å²) < 4.78 is 8.71. The van der Waals surface area contributed by atoms with Crippen molar-refractivity contribution in [3.8, 4) is 0 Å². The van der Waals surface area contributed by atoms with Gasteiger partial charge in [0.05, 0.1) is 12.3 Å². The van der Waals surface area contributed by atoms with Crippen LogP contribution in [-0.4, -0.2) is 58.2 Å². The smallest absolute Gasteiger partial charge is 0.267 e. The minimum absolute atomic E-state index is 0.0781. The molecule has 0 unspecified atom stereocenters. The molecule has 1 aromatic rings. The van der Waals surface area contributed by atoms with E-state index in [-0.39, 0.29) is 18.2 Å². The molecule has 1 rings (SSSR count). The normalized spacial score (nSPS) is 11.6. The van der Waals surface area contributed by atoms with Gasteiger partial charge in [-0.2, -0.15) is 0 Å². The van der Waals surface area contributed by atoms with Crippen LogP contribution >= 0.6 is 11.5 Å². The van der Waals surface area contributed by atoms with Crippen molar-refractivity contribution in [1.82, 2.24) is 14.5 Å². The van der Waals surface area contributed by atoms with Crippen molar-refractivity contribution in [2.24, 2.45) is 10.9 Å². The van der Waals surface area contributed by atoms with E-state index >= 15 is 0 Å². The zero-order valence-electron chi connectivity index (χ0n) is 10.9. The lowest BCUT2D eigenvalue weighted by Gasteiger charge is -2.21. The van der Waals surface area contributed by atoms with Gasteiger partial charge in [-0.15, -0.1) is 5.10 Å². The minimum Gasteiger partial charge on any atom is -0.409 e. The van der Waals surface area contributed by atoms with Crippen molar-refractivity contribution < 1.29 is 14.7 Å². The standard InChI is InChI=1S/C10H17N5O3S/c1-7-9(19-14-12-7)10(16)15(5-6-18-2)4-3-8(11)13-17/h17H,3-6H2,1-2H3,(H2,11,13). The summed E-state index contributed by atoms with van der Waals surface area (Å²) in [5, 5.41) is 15.2. The molecule has 0 aliphatic carbocycles. The third-order valence-electron chi connectivity index (χ3n) is 2.46. The first-order chi connectivity index (χ1) is 9.10. The first-order valence-corrected chi connectivity index (χ1v) is 6.41. The quantitative estimate of drug-likeness (QED) is 0.317. The fraction of sp³-hybridized carbons (Fsp3) is 0.600. The molecular weight excluding hydrogens is 270 g/mol. The second kappa shape index (κ2) is 7.64. The van der Waals surface area contributed by atoms with E-state index in [0.29, 0.717) is 30.3 Å². The van der Waals surface area contributed by atoms with Crippen molar-refractivity contribution in [3.63, 3.8) is 0 Å². The molecule has 0 aliphatic heterocycles. The van der Waals surface area contributed by atoms with E-state index in [2.05, 4.69) is 14.7 Å². The first kappa shape index (κ1) is 15.3. The fourth-order valence-electron chi connectivity index (χ4n) is 1.39. The lowest BCUT2D eigenvalue weighted by Crippen LogP contribution is -2.36. The minimum atomic E-state index is -0.171. The van der Waals surface area contributed by atoms with Gasteiger partial charge in [-0.25, -0.2) is 0 Å². The number of carbonyl (C=O) groups excluding carboxylic acids is 1. The zero-order valence-corrected chi connectivity index (χ0v) is 11.7. The number of hydrogen-bond acceptors (Lipinski definition) is 7. The van der Waals surface area contributed by atoms with Crippen LogP contribution in [0.25, 0.3) is 0 Å². The summed E-state index contributed by atoms with van der Waals surface area (Å²) in [5.41, 5.74) is 6.01. The van der Waals surface area contributed by atoms with Crippen LogP contribution < -0.4 is 5.73 Å². The van der Waals surface area contributed by atoms with Crippen molar-refractivity contribution >= 4 is 23.3 Å². The van der Waals surface area contributed by atoms with Gasteiger partial charge in [0.2, 0.25) is 0 Å². The molecule has 0 fully saturated rings. The lowest BCUT2D eigenvalue weighted by atomic mass is 10.3. The molecule has 0 saturated carbocycles. The van der Waals surface area contributed by atoms with E-state index in [1.807, 2.05) is 0 Å². The third-order valence-corrected chi connectivity index (χ3v) is 3.28. The molecule has 0 saturated heterocycles. The zero-order chi connectivity index (χ0) is 14.3. The molecule has 3 N–H and O–H groups in total. The Labute approximate surface area is 115 Å². The number of aromatic nitrogens is 2. The van der Waals surface area contributed by atoms with Crippen LogP contribution in [0.2, 0.25) is 0 Å². The molecule has 0 radical (unpaired) electrons. The lowest BCUT2D eigenvalue weighted by molar-refractivity contribution is 0.0704. The number of oxime groups is 1. The molecular formula is C10H17N5O3S. The van der Waals surface area contributed by atoms with Gasteiger partial charge in [-0.1, -0.05) is 9.64 Å². The summed E-state index contributed by atoms with van der Waals surface area (Å²) in [7, 11) is 1.56. The second-order valence-corrected chi connectivity index (χ2v) is 4.57. The molecule has 106 valence electrons. The number of nitrogens with zero attached hydrogens (tertiary/aromatic N) is 4. The van der Waals surface area contributed by atoms with Crippen molar-refractivity contribution in [2.45, 2.75) is 13.3 Å². The number of ether oxygens (including phenoxy) is 1. The molecule has 1 amide bonds. The summed E-state index contributed by atoms with van der Waals surface area (Å²) in [6.07, 6.45) is 0.289. The van der Waals surface area contributed by atoms with Crippen molar-refractivity contribution in [1.29, 1.82) is 0 Å². The molecule has 0 aromatic carbocycles. The van der Waals surface area contributed by atoms with E-state index in [4.69, 9.17) is 15.7 Å². The largest absolute Gasteiger partial charge is 0.409 e. The van der Waals surface area contributed by atoms with Gasteiger partial charge in [-0.05, 0) is 18.5 Å². The van der Waals surface area contributed by atoms with Gasteiger partial charge < -0.3 is 20.6 Å². The fourth-order valence-corrected chi connectivity index (χ4v) is 2.01. The summed E-state index contributed by atoms with van der Waals surface area (Å²) in [5.74, 6) is -0.0929. The Morgan fingerprint density at radius 1 is 1.58 bits per heavy atom. The van der Waals surface area contributed by atoms with Gasteiger partial charge in [0.1, 0.15) is 10.7 Å². The van der Waals surface area contributed by atoms with Crippen LogP contribution in [0.5, 0.6) is 0 Å². The van der Waals surface area contributed by atoms with E-state index in [1.165, 1.54) is 0 Å². The molecule has 0 bridgehead atoms. The van der Waals surface area contributed by atoms with Crippen molar-refractivity contribution in [3.05, 3.63) is 10.6 Å². The van der Waals surface area contributed by atoms with Gasteiger partial charge in [0.15, 0.2) is 0 Å². The summed E-state index contributed by atoms with van der Waals surface area (Å²) >= 11 is 1.06. The summed E-state index contributed by atoms with van der Waals surface area (Å²) in [4.78, 5) is 14.4. The van der Waals surface area contributed by atoms with Crippen LogP contribution in [0.15, 0.2) is 5.16 Å². The van der Waals surface area contributed by atoms with Gasteiger partial charge in [0.25, 0.3) is 5.91 Å². The maximum Gasteiger partial charge on any atom is 0.267 e. The monoisotopic (exact) mass is 287 g/mol. The molecule has 0 aliphatic rings. The Morgan fingerprint density at radius 3 is 2.84 bits per heavy atom. The van der Waals surface area contributed by atoms with Gasteiger partial charge in [0, 0.05) is 26.6 Å². The topological polar surface area (TPSA) is 114 Å². The molecule has 8 nitrogen and oxygen atoms in total.